The van der Waals surface area contributed by atoms with Crippen molar-refractivity contribution in [1.82, 2.24) is 10.1 Å². The number of ether oxygens (including phenoxy) is 1. The molecule has 10 heteroatoms. The average Bonchev–Trinajstić information content (AvgIpc) is 3.23. The summed E-state index contributed by atoms with van der Waals surface area (Å²) in [6, 6.07) is 18.6. The number of rotatable bonds is 8. The van der Waals surface area contributed by atoms with Crippen LogP contribution >= 0.6 is 7.60 Å². The van der Waals surface area contributed by atoms with Crippen molar-refractivity contribution >= 4 is 13.4 Å². The Morgan fingerprint density at radius 2 is 1.84 bits per heavy atom. The van der Waals surface area contributed by atoms with E-state index in [9.17, 15) is 14.4 Å². The Labute approximate surface area is 184 Å². The van der Waals surface area contributed by atoms with Gasteiger partial charge in [0.1, 0.15) is 12.2 Å². The number of hydrogen-bond acceptors (Lipinski definition) is 6. The quantitative estimate of drug-likeness (QED) is 0.274. The highest BCUT2D eigenvalue weighted by molar-refractivity contribution is 7.50. The van der Waals surface area contributed by atoms with Crippen molar-refractivity contribution in [1.29, 1.82) is 0 Å². The molecule has 3 heterocycles. The van der Waals surface area contributed by atoms with Crippen molar-refractivity contribution < 1.29 is 28.2 Å². The minimum absolute atomic E-state index is 0.191. The van der Waals surface area contributed by atoms with E-state index in [2.05, 4.69) is 10.1 Å². The maximum Gasteiger partial charge on any atom is 0.366 e. The molecule has 0 aliphatic rings. The van der Waals surface area contributed by atoms with Gasteiger partial charge in [-0.2, -0.15) is 0 Å². The minimum atomic E-state index is -4.27. The number of nitrogens with zero attached hydrogens (tertiary/aromatic N) is 3. The molecular weight excluding hydrogens is 431 g/mol. The summed E-state index contributed by atoms with van der Waals surface area (Å²) in [6.45, 7) is 0.424. The summed E-state index contributed by atoms with van der Waals surface area (Å²) in [5, 5.41) is 4.11. The van der Waals surface area contributed by atoms with E-state index < -0.39 is 13.9 Å². The summed E-state index contributed by atoms with van der Waals surface area (Å²) in [5.41, 5.74) is 9.38. The summed E-state index contributed by atoms with van der Waals surface area (Å²) >= 11 is 0. The van der Waals surface area contributed by atoms with Gasteiger partial charge in [0.15, 0.2) is 12.0 Å². The molecule has 0 radical (unpaired) electrons. The van der Waals surface area contributed by atoms with Crippen molar-refractivity contribution in [3.05, 3.63) is 89.9 Å². The number of pyridine rings is 2. The first-order chi connectivity index (χ1) is 15.4. The Morgan fingerprint density at radius 1 is 1.06 bits per heavy atom. The number of hydrogen-bond donors (Lipinski definition) is 3. The van der Waals surface area contributed by atoms with E-state index in [1.807, 2.05) is 42.5 Å². The summed E-state index contributed by atoms with van der Waals surface area (Å²) < 4.78 is 23.7. The van der Waals surface area contributed by atoms with Crippen molar-refractivity contribution in [3.63, 3.8) is 0 Å². The summed E-state index contributed by atoms with van der Waals surface area (Å²) in [7, 11) is -4.27. The zero-order valence-corrected chi connectivity index (χ0v) is 17.9. The number of benzene rings is 1. The van der Waals surface area contributed by atoms with Gasteiger partial charge in [0.05, 0.1) is 11.9 Å². The molecule has 4 aromatic rings. The lowest BCUT2D eigenvalue weighted by Crippen LogP contribution is -2.37. The average molecular weight is 453 g/mol. The standard InChI is InChI=1S/C22H21N4O5P/c23-22-19(4-3-11-26(22)15-32(27,28)29)20-13-18(25-31-20)12-16-6-8-17(9-7-16)14-30-21-5-1-2-10-24-21/h1-11,13,23H,12,14-15H2,(H2,27,28,29)/p+1. The molecule has 9 nitrogen and oxygen atoms in total. The summed E-state index contributed by atoms with van der Waals surface area (Å²) in [5.74, 6) is 1.20. The molecule has 0 aliphatic heterocycles. The number of nitrogens with two attached hydrogens (primary N) is 1. The van der Waals surface area contributed by atoms with Crippen LogP contribution in [0.1, 0.15) is 16.8 Å². The second-order valence-electron chi connectivity index (χ2n) is 7.22. The molecule has 4 rings (SSSR count). The Kier molecular flexibility index (Phi) is 6.32. The van der Waals surface area contributed by atoms with Crippen LogP contribution in [-0.2, 0) is 23.9 Å². The molecule has 4 N–H and O–H groups in total. The van der Waals surface area contributed by atoms with Gasteiger partial charge in [0.2, 0.25) is 5.88 Å². The topological polar surface area (TPSA) is 136 Å². The van der Waals surface area contributed by atoms with Crippen molar-refractivity contribution in [2.75, 3.05) is 5.73 Å². The largest absolute Gasteiger partial charge is 0.473 e. The molecule has 0 bridgehead atoms. The highest BCUT2D eigenvalue weighted by Crippen LogP contribution is 2.35. The second-order valence-corrected chi connectivity index (χ2v) is 8.83. The number of anilines is 1. The molecule has 0 saturated heterocycles. The van der Waals surface area contributed by atoms with Gasteiger partial charge < -0.3 is 19.0 Å². The zero-order chi connectivity index (χ0) is 22.6. The molecule has 0 fully saturated rings. The number of nitrogen functional groups attached to an aromatic ring is 1. The van der Waals surface area contributed by atoms with Gasteiger partial charge in [-0.15, -0.1) is 0 Å². The van der Waals surface area contributed by atoms with Crippen LogP contribution in [0.15, 0.2) is 77.6 Å². The lowest BCUT2D eigenvalue weighted by Gasteiger charge is -2.06. The van der Waals surface area contributed by atoms with E-state index in [1.165, 1.54) is 10.8 Å². The van der Waals surface area contributed by atoms with Crippen LogP contribution in [0.3, 0.4) is 0 Å². The van der Waals surface area contributed by atoms with Gasteiger partial charge in [-0.05, 0) is 29.3 Å². The Bertz CT molecular complexity index is 1240. The Hall–Kier alpha value is -3.52. The van der Waals surface area contributed by atoms with Gasteiger partial charge >= 0.3 is 7.60 Å². The van der Waals surface area contributed by atoms with E-state index in [1.54, 1.807) is 24.4 Å². The summed E-state index contributed by atoms with van der Waals surface area (Å²) in [6.07, 6.45) is 3.24. The lowest BCUT2D eigenvalue weighted by molar-refractivity contribution is -0.665. The fraction of sp³-hybridized carbons (Fsp3) is 0.136. The maximum absolute atomic E-state index is 11.3. The molecule has 0 amide bonds. The van der Waals surface area contributed by atoms with Crippen molar-refractivity contribution in [3.8, 4) is 17.2 Å². The van der Waals surface area contributed by atoms with Crippen LogP contribution in [0.2, 0.25) is 0 Å². The molecule has 32 heavy (non-hydrogen) atoms. The fourth-order valence-electron chi connectivity index (χ4n) is 3.17. The first-order valence-electron chi connectivity index (χ1n) is 9.77. The highest BCUT2D eigenvalue weighted by atomic mass is 31.2. The van der Waals surface area contributed by atoms with Crippen LogP contribution in [0.25, 0.3) is 11.3 Å². The van der Waals surface area contributed by atoms with Crippen LogP contribution in [0.5, 0.6) is 5.88 Å². The molecule has 0 saturated carbocycles. The SMILES string of the molecule is Nc1c(-c2cc(Cc3ccc(COc4ccccn4)cc3)no2)ccc[n+]1CP(=O)(O)O. The summed E-state index contributed by atoms with van der Waals surface area (Å²) in [4.78, 5) is 22.6. The Balaban J connectivity index is 1.42. The van der Waals surface area contributed by atoms with E-state index in [4.69, 9.17) is 15.0 Å². The molecule has 164 valence electrons. The van der Waals surface area contributed by atoms with E-state index in [-0.39, 0.29) is 5.82 Å². The number of aromatic nitrogens is 3. The van der Waals surface area contributed by atoms with Crippen LogP contribution in [0, 0.1) is 0 Å². The zero-order valence-electron chi connectivity index (χ0n) is 17.0. The normalized spacial score (nSPS) is 11.4. The van der Waals surface area contributed by atoms with Crippen molar-refractivity contribution in [2.45, 2.75) is 19.3 Å². The minimum Gasteiger partial charge on any atom is -0.473 e. The molecular formula is C22H22N4O5P+. The third kappa shape index (κ3) is 5.59. The first-order valence-corrected chi connectivity index (χ1v) is 11.6. The van der Waals surface area contributed by atoms with Crippen molar-refractivity contribution in [2.24, 2.45) is 0 Å². The fourth-order valence-corrected chi connectivity index (χ4v) is 3.81. The van der Waals surface area contributed by atoms with Gasteiger partial charge in [0, 0.05) is 24.8 Å². The smallest absolute Gasteiger partial charge is 0.366 e. The predicted molar refractivity (Wildman–Crippen MR) is 116 cm³/mol. The molecule has 3 aromatic heterocycles. The van der Waals surface area contributed by atoms with E-state index in [0.717, 1.165) is 11.1 Å². The molecule has 0 aliphatic carbocycles. The predicted octanol–water partition coefficient (Wildman–Crippen LogP) is 2.91. The van der Waals surface area contributed by atoms with E-state index >= 15 is 0 Å². The maximum atomic E-state index is 11.3. The van der Waals surface area contributed by atoms with Crippen LogP contribution < -0.4 is 15.0 Å². The third-order valence-corrected chi connectivity index (χ3v) is 5.38. The van der Waals surface area contributed by atoms with Gasteiger partial charge in [-0.25, -0.2) is 9.55 Å². The molecule has 0 atom stereocenters. The van der Waals surface area contributed by atoms with Crippen LogP contribution in [-0.4, -0.2) is 19.9 Å². The first kappa shape index (κ1) is 21.7. The monoisotopic (exact) mass is 453 g/mol. The van der Waals surface area contributed by atoms with Gasteiger partial charge in [-0.3, -0.25) is 10.3 Å². The lowest BCUT2D eigenvalue weighted by atomic mass is 10.1. The second kappa shape index (κ2) is 9.32. The van der Waals surface area contributed by atoms with Crippen LogP contribution in [0.4, 0.5) is 5.82 Å². The highest BCUT2D eigenvalue weighted by Gasteiger charge is 2.23. The van der Waals surface area contributed by atoms with Gasteiger partial charge in [-0.1, -0.05) is 35.5 Å². The molecule has 1 aromatic carbocycles. The van der Waals surface area contributed by atoms with Gasteiger partial charge in [0.25, 0.3) is 5.82 Å². The molecule has 0 spiro atoms. The third-order valence-electron chi connectivity index (χ3n) is 4.71. The molecule has 0 unspecified atom stereocenters. The Morgan fingerprint density at radius 3 is 2.56 bits per heavy atom. The van der Waals surface area contributed by atoms with E-state index in [0.29, 0.717) is 35.9 Å².